The van der Waals surface area contributed by atoms with Gasteiger partial charge in [-0.1, -0.05) is 17.7 Å². The molecule has 0 aliphatic carbocycles. The van der Waals surface area contributed by atoms with E-state index >= 15 is 0 Å². The number of anilines is 1. The van der Waals surface area contributed by atoms with Crippen LogP contribution in [0.5, 0.6) is 0 Å². The van der Waals surface area contributed by atoms with Crippen molar-refractivity contribution in [2.75, 3.05) is 12.8 Å². The van der Waals surface area contributed by atoms with Crippen molar-refractivity contribution in [2.45, 2.75) is 6.61 Å². The van der Waals surface area contributed by atoms with Crippen LogP contribution in [0.2, 0.25) is 5.02 Å². The molecule has 0 aliphatic heterocycles. The second-order valence-electron chi connectivity index (χ2n) is 4.11. The first-order valence-electron chi connectivity index (χ1n) is 5.67. The maximum Gasteiger partial charge on any atom is 0.186 e. The number of nitrogen functional groups attached to an aromatic ring is 1. The standard InChI is InChI=1S/C12H12ClN5O/c1-19-6-9-10-11(14)15-16-12(10)18(17-9)8-4-2-3-7(13)5-8/h2-5H,6H2,1H3,(H3,14,15,16). The summed E-state index contributed by atoms with van der Waals surface area (Å²) in [5.41, 5.74) is 8.10. The van der Waals surface area contributed by atoms with Crippen molar-refractivity contribution < 1.29 is 4.74 Å². The summed E-state index contributed by atoms with van der Waals surface area (Å²) in [7, 11) is 1.61. The molecular formula is C12H12ClN5O. The number of halogens is 1. The number of rotatable bonds is 3. The van der Waals surface area contributed by atoms with E-state index in [-0.39, 0.29) is 0 Å². The number of nitrogens with two attached hydrogens (primary N) is 1. The van der Waals surface area contributed by atoms with Crippen LogP contribution in [0.25, 0.3) is 16.7 Å². The second kappa shape index (κ2) is 4.56. The molecule has 19 heavy (non-hydrogen) atoms. The number of methoxy groups -OCH3 is 1. The van der Waals surface area contributed by atoms with Crippen molar-refractivity contribution in [1.29, 1.82) is 0 Å². The number of nitrogens with zero attached hydrogens (tertiary/aromatic N) is 3. The number of nitrogens with one attached hydrogen (secondary N) is 1. The number of fused-ring (bicyclic) bond motifs is 1. The van der Waals surface area contributed by atoms with E-state index in [1.54, 1.807) is 17.9 Å². The summed E-state index contributed by atoms with van der Waals surface area (Å²) in [6.45, 7) is 0.369. The van der Waals surface area contributed by atoms with Crippen LogP contribution < -0.4 is 5.73 Å². The monoisotopic (exact) mass is 277 g/mol. The Balaban J connectivity index is 2.24. The van der Waals surface area contributed by atoms with Gasteiger partial charge in [-0.2, -0.15) is 10.2 Å². The largest absolute Gasteiger partial charge is 0.383 e. The predicted molar refractivity (Wildman–Crippen MR) is 73.4 cm³/mol. The second-order valence-corrected chi connectivity index (χ2v) is 4.54. The fourth-order valence-electron chi connectivity index (χ4n) is 2.03. The summed E-state index contributed by atoms with van der Waals surface area (Å²) in [5, 5.41) is 12.8. The van der Waals surface area contributed by atoms with Crippen LogP contribution in [0.1, 0.15) is 5.69 Å². The highest BCUT2D eigenvalue weighted by molar-refractivity contribution is 6.30. The molecule has 98 valence electrons. The van der Waals surface area contributed by atoms with Gasteiger partial charge in [-0.25, -0.2) is 4.68 Å². The van der Waals surface area contributed by atoms with Gasteiger partial charge < -0.3 is 10.5 Å². The Hall–Kier alpha value is -2.05. The Morgan fingerprint density at radius 2 is 2.32 bits per heavy atom. The molecular weight excluding hydrogens is 266 g/mol. The van der Waals surface area contributed by atoms with Crippen molar-refractivity contribution in [1.82, 2.24) is 20.0 Å². The van der Waals surface area contributed by atoms with E-state index in [0.717, 1.165) is 16.8 Å². The lowest BCUT2D eigenvalue weighted by atomic mass is 10.3. The van der Waals surface area contributed by atoms with Gasteiger partial charge in [0, 0.05) is 12.1 Å². The maximum absolute atomic E-state index is 6.00. The molecule has 7 heteroatoms. The number of ether oxygens (including phenoxy) is 1. The zero-order valence-corrected chi connectivity index (χ0v) is 11.0. The summed E-state index contributed by atoms with van der Waals surface area (Å²) >= 11 is 6.00. The number of H-pyrrole nitrogens is 1. The number of hydrogen-bond acceptors (Lipinski definition) is 4. The molecule has 0 aliphatic rings. The fraction of sp³-hybridized carbons (Fsp3) is 0.167. The molecule has 2 aromatic heterocycles. The van der Waals surface area contributed by atoms with Crippen LogP contribution in [0, 0.1) is 0 Å². The molecule has 0 saturated carbocycles. The topological polar surface area (TPSA) is 81.8 Å². The number of aromatic amines is 1. The third-order valence-corrected chi connectivity index (χ3v) is 3.05. The van der Waals surface area contributed by atoms with E-state index in [0.29, 0.717) is 23.1 Å². The smallest absolute Gasteiger partial charge is 0.186 e. The van der Waals surface area contributed by atoms with E-state index in [9.17, 15) is 0 Å². The quantitative estimate of drug-likeness (QED) is 0.768. The normalized spacial score (nSPS) is 11.3. The fourth-order valence-corrected chi connectivity index (χ4v) is 2.21. The molecule has 0 spiro atoms. The molecule has 2 heterocycles. The van der Waals surface area contributed by atoms with Gasteiger partial charge in [0.25, 0.3) is 0 Å². The molecule has 0 saturated heterocycles. The highest BCUT2D eigenvalue weighted by Gasteiger charge is 2.17. The Morgan fingerprint density at radius 1 is 1.47 bits per heavy atom. The first-order valence-corrected chi connectivity index (χ1v) is 6.05. The molecule has 0 bridgehead atoms. The van der Waals surface area contributed by atoms with Gasteiger partial charge in [0.2, 0.25) is 0 Å². The van der Waals surface area contributed by atoms with Crippen molar-refractivity contribution in [3.8, 4) is 5.69 Å². The van der Waals surface area contributed by atoms with Crippen molar-refractivity contribution in [3.63, 3.8) is 0 Å². The lowest BCUT2D eigenvalue weighted by molar-refractivity contribution is 0.182. The summed E-state index contributed by atoms with van der Waals surface area (Å²) in [6.07, 6.45) is 0. The minimum absolute atomic E-state index is 0.369. The van der Waals surface area contributed by atoms with Crippen molar-refractivity contribution >= 4 is 28.5 Å². The van der Waals surface area contributed by atoms with Gasteiger partial charge in [0.15, 0.2) is 5.65 Å². The van der Waals surface area contributed by atoms with Crippen molar-refractivity contribution in [2.24, 2.45) is 0 Å². The van der Waals surface area contributed by atoms with E-state index in [1.807, 2.05) is 18.2 Å². The van der Waals surface area contributed by atoms with E-state index in [4.69, 9.17) is 22.1 Å². The SMILES string of the molecule is COCc1nn(-c2cccc(Cl)c2)c2n[nH]c(N)c12. The first-order chi connectivity index (χ1) is 9.20. The molecule has 6 nitrogen and oxygen atoms in total. The van der Waals surface area contributed by atoms with Crippen LogP contribution >= 0.6 is 11.6 Å². The molecule has 3 N–H and O–H groups in total. The average Bonchev–Trinajstić information content (AvgIpc) is 2.93. The Bertz CT molecular complexity index is 733. The van der Waals surface area contributed by atoms with Crippen LogP contribution in [-0.2, 0) is 11.3 Å². The van der Waals surface area contributed by atoms with Gasteiger partial charge in [-0.15, -0.1) is 0 Å². The summed E-state index contributed by atoms with van der Waals surface area (Å²) in [5.74, 6) is 0.482. The van der Waals surface area contributed by atoms with Crippen molar-refractivity contribution in [3.05, 3.63) is 35.0 Å². The number of aromatic nitrogens is 4. The zero-order chi connectivity index (χ0) is 13.4. The number of hydrogen-bond donors (Lipinski definition) is 2. The minimum atomic E-state index is 0.369. The molecule has 3 aromatic rings. The summed E-state index contributed by atoms with van der Waals surface area (Å²) < 4.78 is 6.83. The first kappa shape index (κ1) is 12.0. The highest BCUT2D eigenvalue weighted by Crippen LogP contribution is 2.26. The van der Waals surface area contributed by atoms with Crippen LogP contribution in [0.3, 0.4) is 0 Å². The van der Waals surface area contributed by atoms with Crippen LogP contribution in [0.15, 0.2) is 24.3 Å². The minimum Gasteiger partial charge on any atom is -0.383 e. The molecule has 0 atom stereocenters. The van der Waals surface area contributed by atoms with E-state index in [2.05, 4.69) is 15.3 Å². The molecule has 0 amide bonds. The van der Waals surface area contributed by atoms with Gasteiger partial charge in [0.05, 0.1) is 17.7 Å². The lowest BCUT2D eigenvalue weighted by Crippen LogP contribution is -1.99. The van der Waals surface area contributed by atoms with Gasteiger partial charge in [-0.05, 0) is 18.2 Å². The van der Waals surface area contributed by atoms with E-state index in [1.165, 1.54) is 0 Å². The Labute approximate surface area is 114 Å². The number of benzene rings is 1. The molecule has 0 radical (unpaired) electrons. The summed E-state index contributed by atoms with van der Waals surface area (Å²) in [6, 6.07) is 7.38. The van der Waals surface area contributed by atoms with E-state index < -0.39 is 0 Å². The van der Waals surface area contributed by atoms with Gasteiger partial charge in [0.1, 0.15) is 11.5 Å². The lowest BCUT2D eigenvalue weighted by Gasteiger charge is -2.01. The summed E-state index contributed by atoms with van der Waals surface area (Å²) in [4.78, 5) is 0. The zero-order valence-electron chi connectivity index (χ0n) is 10.2. The predicted octanol–water partition coefficient (Wildman–Crippen LogP) is 2.13. The molecule has 1 aromatic carbocycles. The van der Waals surface area contributed by atoms with Gasteiger partial charge >= 0.3 is 0 Å². The molecule has 3 rings (SSSR count). The maximum atomic E-state index is 6.00. The van der Waals surface area contributed by atoms with Crippen LogP contribution in [0.4, 0.5) is 5.82 Å². The highest BCUT2D eigenvalue weighted by atomic mass is 35.5. The average molecular weight is 278 g/mol. The molecule has 0 fully saturated rings. The van der Waals surface area contributed by atoms with Gasteiger partial charge in [-0.3, -0.25) is 5.10 Å². The molecule has 0 unspecified atom stereocenters. The third-order valence-electron chi connectivity index (χ3n) is 2.82. The van der Waals surface area contributed by atoms with Crippen LogP contribution in [-0.4, -0.2) is 27.1 Å². The Morgan fingerprint density at radius 3 is 3.05 bits per heavy atom. The Kier molecular flexibility index (Phi) is 2.88. The third kappa shape index (κ3) is 1.94.